The summed E-state index contributed by atoms with van der Waals surface area (Å²) < 4.78 is 20.2. The zero-order valence-electron chi connectivity index (χ0n) is 6.26. The van der Waals surface area contributed by atoms with E-state index in [1.807, 2.05) is 4.83 Å². The molecule has 7 heteroatoms. The van der Waals surface area contributed by atoms with Gasteiger partial charge in [-0.3, -0.25) is 0 Å². The molecule has 0 aliphatic heterocycles. The number of thiol groups is 1. The second-order valence-electron chi connectivity index (χ2n) is 2.03. The van der Waals surface area contributed by atoms with Crippen LogP contribution < -0.4 is 4.83 Å². The Labute approximate surface area is 66.5 Å². The first-order valence-corrected chi connectivity index (χ1v) is 4.18. The minimum Gasteiger partial charge on any atom is -0.377 e. The normalized spacial score (nSPS) is 17.3. The molecule has 0 saturated carbocycles. The van der Waals surface area contributed by atoms with E-state index >= 15 is 0 Å². The summed E-state index contributed by atoms with van der Waals surface area (Å²) in [5.74, 6) is 0. The number of aliphatic hydroxyl groups excluding tert-OH is 2. The summed E-state index contributed by atoms with van der Waals surface area (Å²) in [5, 5.41) is 18.5. The molecule has 0 spiro atoms. The van der Waals surface area contributed by atoms with Crippen molar-refractivity contribution in [3.8, 4) is 0 Å². The molecule has 0 amide bonds. The third kappa shape index (κ3) is 4.27. The molecule has 0 bridgehead atoms. The van der Waals surface area contributed by atoms with Gasteiger partial charge in [-0.15, -0.1) is 4.83 Å². The van der Waals surface area contributed by atoms with Gasteiger partial charge in [0.05, 0.1) is 0 Å². The maximum atomic E-state index is 10.1. The summed E-state index contributed by atoms with van der Waals surface area (Å²) in [6.45, 7) is 2.66. The second-order valence-corrected chi connectivity index (χ2v) is 2.74. The molecule has 11 heavy (non-hydrogen) atoms. The topological polar surface area (TPSA) is 89.9 Å². The Hall–Kier alpha value is -0.210. The monoisotopic (exact) mass is 184 g/mol. The Morgan fingerprint density at radius 1 is 1.27 bits per heavy atom. The smallest absolute Gasteiger partial charge is 0.214 e. The highest BCUT2D eigenvalue weighted by Gasteiger charge is 2.15. The maximum Gasteiger partial charge on any atom is 0.214 e. The van der Waals surface area contributed by atoms with E-state index in [4.69, 9.17) is 10.2 Å². The van der Waals surface area contributed by atoms with Crippen molar-refractivity contribution in [3.63, 3.8) is 0 Å². The van der Waals surface area contributed by atoms with Crippen molar-refractivity contribution in [1.29, 1.82) is 0 Å². The average Bonchev–Trinajstić information content (AvgIpc) is 1.81. The van der Waals surface area contributed by atoms with E-state index in [1.54, 1.807) is 0 Å². The molecule has 0 heterocycles. The largest absolute Gasteiger partial charge is 0.377 e. The summed E-state index contributed by atoms with van der Waals surface area (Å²) in [6, 6.07) is 0. The van der Waals surface area contributed by atoms with E-state index in [9.17, 15) is 8.42 Å². The SMILES string of the molecule is CC(O)N(N[SH](=O)=O)C(C)O. The molecule has 0 aromatic rings. The molecule has 0 aromatic carbocycles. The second kappa shape index (κ2) is 4.62. The molecule has 0 aromatic heterocycles. The quantitative estimate of drug-likeness (QED) is 0.230. The van der Waals surface area contributed by atoms with Crippen molar-refractivity contribution < 1.29 is 18.6 Å². The lowest BCUT2D eigenvalue weighted by Crippen LogP contribution is -2.48. The van der Waals surface area contributed by atoms with Crippen molar-refractivity contribution in [2.75, 3.05) is 0 Å². The minimum absolute atomic E-state index is 0.797. The van der Waals surface area contributed by atoms with Gasteiger partial charge in [0, 0.05) is 0 Å². The van der Waals surface area contributed by atoms with Gasteiger partial charge in [0.1, 0.15) is 12.5 Å². The highest BCUT2D eigenvalue weighted by Crippen LogP contribution is 1.95. The first-order chi connectivity index (χ1) is 4.95. The molecule has 0 aliphatic rings. The summed E-state index contributed by atoms with van der Waals surface area (Å²) in [4.78, 5) is 1.87. The van der Waals surface area contributed by atoms with Crippen LogP contribution in [0.25, 0.3) is 0 Å². The third-order valence-electron chi connectivity index (χ3n) is 1.00. The van der Waals surface area contributed by atoms with Crippen LogP contribution in [-0.4, -0.2) is 36.1 Å². The maximum absolute atomic E-state index is 10.1. The lowest BCUT2D eigenvalue weighted by Gasteiger charge is -2.25. The molecule has 2 unspecified atom stereocenters. The summed E-state index contributed by atoms with van der Waals surface area (Å²) in [7, 11) is -2.85. The van der Waals surface area contributed by atoms with Gasteiger partial charge in [-0.05, 0) is 13.8 Å². The number of hydrazine groups is 1. The molecular weight excluding hydrogens is 172 g/mol. The molecule has 2 atom stereocenters. The van der Waals surface area contributed by atoms with Crippen LogP contribution in [0.3, 0.4) is 0 Å². The van der Waals surface area contributed by atoms with Crippen molar-refractivity contribution in [3.05, 3.63) is 0 Å². The predicted molar refractivity (Wildman–Crippen MR) is 38.7 cm³/mol. The van der Waals surface area contributed by atoms with E-state index < -0.39 is 23.3 Å². The van der Waals surface area contributed by atoms with Crippen LogP contribution in [0.1, 0.15) is 13.8 Å². The van der Waals surface area contributed by atoms with Gasteiger partial charge in [-0.2, -0.15) is 5.01 Å². The lowest BCUT2D eigenvalue weighted by atomic mass is 10.5. The van der Waals surface area contributed by atoms with Crippen molar-refractivity contribution in [2.45, 2.75) is 26.3 Å². The van der Waals surface area contributed by atoms with Crippen LogP contribution in [0, 0.1) is 0 Å². The van der Waals surface area contributed by atoms with Gasteiger partial charge in [0.15, 0.2) is 0 Å². The van der Waals surface area contributed by atoms with E-state index in [0.29, 0.717) is 0 Å². The fourth-order valence-corrected chi connectivity index (χ4v) is 1.10. The molecule has 0 radical (unpaired) electrons. The highest BCUT2D eigenvalue weighted by atomic mass is 32.2. The zero-order valence-corrected chi connectivity index (χ0v) is 7.15. The molecule has 6 nitrogen and oxygen atoms in total. The zero-order chi connectivity index (χ0) is 9.02. The molecular formula is C4H12N2O4S. The summed E-state index contributed by atoms with van der Waals surface area (Å²) in [6.07, 6.45) is -2.13. The van der Waals surface area contributed by atoms with E-state index in [-0.39, 0.29) is 0 Å². The van der Waals surface area contributed by atoms with E-state index in [0.717, 1.165) is 5.01 Å². The Balaban J connectivity index is 4.11. The first-order valence-electron chi connectivity index (χ1n) is 3.00. The standard InChI is InChI=1S/C4H12N2O4S/c1-3(7)6(4(2)8)5-11(9)10/h3-4,7-8,11H,1-2H3,(H,5,9,10). The third-order valence-corrected chi connectivity index (χ3v) is 1.40. The molecule has 0 fully saturated rings. The first kappa shape index (κ1) is 10.8. The fraction of sp³-hybridized carbons (Fsp3) is 1.00. The number of nitrogens with one attached hydrogen (secondary N) is 1. The average molecular weight is 184 g/mol. The van der Waals surface area contributed by atoms with Crippen LogP contribution >= 0.6 is 0 Å². The van der Waals surface area contributed by atoms with Gasteiger partial charge in [0.2, 0.25) is 10.9 Å². The van der Waals surface area contributed by atoms with Crippen LogP contribution in [-0.2, 0) is 10.9 Å². The van der Waals surface area contributed by atoms with Gasteiger partial charge >= 0.3 is 0 Å². The van der Waals surface area contributed by atoms with Gasteiger partial charge < -0.3 is 10.2 Å². The molecule has 3 N–H and O–H groups in total. The van der Waals surface area contributed by atoms with Gasteiger partial charge in [-0.25, -0.2) is 8.42 Å². The minimum atomic E-state index is -2.85. The number of hydrogen-bond donors (Lipinski definition) is 4. The summed E-state index contributed by atoms with van der Waals surface area (Å²) in [5.41, 5.74) is 0. The van der Waals surface area contributed by atoms with Gasteiger partial charge in [0.25, 0.3) is 0 Å². The predicted octanol–water partition coefficient (Wildman–Crippen LogP) is -2.00. The van der Waals surface area contributed by atoms with E-state index in [2.05, 4.69) is 0 Å². The van der Waals surface area contributed by atoms with Crippen molar-refractivity contribution >= 4 is 10.9 Å². The number of rotatable bonds is 4. The molecule has 0 saturated heterocycles. The number of nitrogens with zero attached hydrogens (tertiary/aromatic N) is 1. The van der Waals surface area contributed by atoms with Crippen molar-refractivity contribution in [1.82, 2.24) is 9.84 Å². The van der Waals surface area contributed by atoms with E-state index in [1.165, 1.54) is 13.8 Å². The Morgan fingerprint density at radius 3 is 1.73 bits per heavy atom. The Bertz CT molecular complexity index is 163. The van der Waals surface area contributed by atoms with Crippen LogP contribution in [0.4, 0.5) is 0 Å². The highest BCUT2D eigenvalue weighted by molar-refractivity contribution is 7.70. The number of aliphatic hydroxyl groups is 2. The molecule has 0 rings (SSSR count). The lowest BCUT2D eigenvalue weighted by molar-refractivity contribution is -0.0987. The van der Waals surface area contributed by atoms with Crippen LogP contribution in [0.2, 0.25) is 0 Å². The van der Waals surface area contributed by atoms with Crippen LogP contribution in [0.5, 0.6) is 0 Å². The van der Waals surface area contributed by atoms with Crippen LogP contribution in [0.15, 0.2) is 0 Å². The van der Waals surface area contributed by atoms with Gasteiger partial charge in [-0.1, -0.05) is 0 Å². The molecule has 0 aliphatic carbocycles. The number of hydrogen-bond acceptors (Lipinski definition) is 5. The van der Waals surface area contributed by atoms with Crippen molar-refractivity contribution in [2.24, 2.45) is 0 Å². The molecule has 68 valence electrons. The fourth-order valence-electron chi connectivity index (χ4n) is 0.574. The summed E-state index contributed by atoms with van der Waals surface area (Å²) >= 11 is 0. The Morgan fingerprint density at radius 2 is 1.64 bits per heavy atom. The Kier molecular flexibility index (Phi) is 4.54.